The number of thiophene rings is 1. The van der Waals surface area contributed by atoms with Crippen LogP contribution in [0.25, 0.3) is 10.9 Å². The van der Waals surface area contributed by atoms with Gasteiger partial charge < -0.3 is 10.2 Å². The predicted molar refractivity (Wildman–Crippen MR) is 90.1 cm³/mol. The molecule has 1 aliphatic heterocycles. The van der Waals surface area contributed by atoms with Crippen LogP contribution in [-0.4, -0.2) is 27.9 Å². The molecule has 8 heteroatoms. The van der Waals surface area contributed by atoms with Gasteiger partial charge in [-0.2, -0.15) is 5.10 Å². The minimum absolute atomic E-state index is 0.228. The van der Waals surface area contributed by atoms with Crippen LogP contribution in [0.1, 0.15) is 11.3 Å². The van der Waals surface area contributed by atoms with Crippen molar-refractivity contribution in [2.24, 2.45) is 5.16 Å². The number of H-pyrrole nitrogens is 1. The standard InChI is InChI=1S/C15H11ClN4O2S/c16-14-4-3-13(23-14)11-6-12(22-20-11)15(21)18-9-1-2-10-8(5-9)7-17-19-10/h1-5,7,12H,6H2,(H,17,19)(H,18,21)/t12-/m1/s1. The third-order valence-corrected chi connectivity index (χ3v) is 4.81. The molecule has 0 saturated carbocycles. The highest BCUT2D eigenvalue weighted by Crippen LogP contribution is 2.27. The van der Waals surface area contributed by atoms with Gasteiger partial charge in [-0.1, -0.05) is 16.8 Å². The first-order chi connectivity index (χ1) is 11.2. The average Bonchev–Trinajstić information content (AvgIpc) is 3.26. The Morgan fingerprint density at radius 2 is 2.30 bits per heavy atom. The van der Waals surface area contributed by atoms with Gasteiger partial charge in [0.1, 0.15) is 5.71 Å². The second kappa shape index (κ2) is 5.68. The molecule has 0 aliphatic carbocycles. The first kappa shape index (κ1) is 14.2. The van der Waals surface area contributed by atoms with E-state index in [1.54, 1.807) is 12.3 Å². The molecule has 0 radical (unpaired) electrons. The second-order valence-electron chi connectivity index (χ2n) is 5.10. The van der Waals surface area contributed by atoms with Crippen molar-refractivity contribution in [3.8, 4) is 0 Å². The van der Waals surface area contributed by atoms with Gasteiger partial charge in [0.25, 0.3) is 5.91 Å². The lowest BCUT2D eigenvalue weighted by atomic mass is 10.1. The number of nitrogens with zero attached hydrogens (tertiary/aromatic N) is 2. The zero-order valence-corrected chi connectivity index (χ0v) is 13.3. The van der Waals surface area contributed by atoms with E-state index < -0.39 is 6.10 Å². The molecule has 2 N–H and O–H groups in total. The van der Waals surface area contributed by atoms with Crippen molar-refractivity contribution < 1.29 is 9.63 Å². The van der Waals surface area contributed by atoms with Crippen LogP contribution >= 0.6 is 22.9 Å². The fraction of sp³-hybridized carbons (Fsp3) is 0.133. The van der Waals surface area contributed by atoms with Crippen molar-refractivity contribution in [1.82, 2.24) is 10.2 Å². The zero-order chi connectivity index (χ0) is 15.8. The van der Waals surface area contributed by atoms with Crippen LogP contribution in [0.3, 0.4) is 0 Å². The summed E-state index contributed by atoms with van der Waals surface area (Å²) in [7, 11) is 0. The summed E-state index contributed by atoms with van der Waals surface area (Å²) in [6, 6.07) is 9.21. The Bertz CT molecular complexity index is 917. The van der Waals surface area contributed by atoms with Crippen LogP contribution in [0.15, 0.2) is 41.7 Å². The van der Waals surface area contributed by atoms with Gasteiger partial charge >= 0.3 is 0 Å². The van der Waals surface area contributed by atoms with E-state index in [1.807, 2.05) is 24.3 Å². The Balaban J connectivity index is 1.44. The Morgan fingerprint density at radius 3 is 3.13 bits per heavy atom. The lowest BCUT2D eigenvalue weighted by Crippen LogP contribution is -2.27. The van der Waals surface area contributed by atoms with E-state index in [4.69, 9.17) is 16.4 Å². The number of amides is 1. The number of rotatable bonds is 3. The summed E-state index contributed by atoms with van der Waals surface area (Å²) >= 11 is 7.34. The normalized spacial score (nSPS) is 17.1. The molecule has 1 atom stereocenters. The molecule has 3 aromatic rings. The van der Waals surface area contributed by atoms with E-state index in [0.29, 0.717) is 16.4 Å². The molecule has 23 heavy (non-hydrogen) atoms. The minimum atomic E-state index is -0.633. The van der Waals surface area contributed by atoms with Crippen LogP contribution in [0.2, 0.25) is 4.34 Å². The smallest absolute Gasteiger partial charge is 0.268 e. The van der Waals surface area contributed by atoms with Crippen LogP contribution in [-0.2, 0) is 9.63 Å². The van der Waals surface area contributed by atoms with Crippen molar-refractivity contribution in [3.63, 3.8) is 0 Å². The van der Waals surface area contributed by atoms with Crippen LogP contribution in [0, 0.1) is 0 Å². The number of carbonyl (C=O) groups is 1. The van der Waals surface area contributed by atoms with Gasteiger partial charge in [0.2, 0.25) is 6.10 Å². The fourth-order valence-electron chi connectivity index (χ4n) is 2.38. The van der Waals surface area contributed by atoms with E-state index in [1.165, 1.54) is 11.3 Å². The van der Waals surface area contributed by atoms with E-state index in [2.05, 4.69) is 20.7 Å². The highest BCUT2D eigenvalue weighted by atomic mass is 35.5. The number of halogens is 1. The molecule has 0 bridgehead atoms. The van der Waals surface area contributed by atoms with E-state index in [-0.39, 0.29) is 5.91 Å². The molecule has 0 fully saturated rings. The molecule has 1 amide bonds. The van der Waals surface area contributed by atoms with E-state index in [9.17, 15) is 4.79 Å². The molecule has 0 saturated heterocycles. The van der Waals surface area contributed by atoms with Crippen LogP contribution in [0.5, 0.6) is 0 Å². The Labute approximate surface area is 140 Å². The Hall–Kier alpha value is -2.38. The predicted octanol–water partition coefficient (Wildman–Crippen LogP) is 3.41. The summed E-state index contributed by atoms with van der Waals surface area (Å²) in [4.78, 5) is 18.5. The van der Waals surface area contributed by atoms with Crippen molar-refractivity contribution in [2.75, 3.05) is 5.32 Å². The summed E-state index contributed by atoms with van der Waals surface area (Å²) in [6.07, 6.45) is 1.50. The fourth-order valence-corrected chi connectivity index (χ4v) is 3.41. The number of carbonyl (C=O) groups excluding carboxylic acids is 1. The number of benzene rings is 1. The first-order valence-electron chi connectivity index (χ1n) is 6.91. The molecule has 3 heterocycles. The van der Waals surface area contributed by atoms with Gasteiger partial charge in [0, 0.05) is 17.5 Å². The summed E-state index contributed by atoms with van der Waals surface area (Å²) in [5, 5.41) is 14.6. The van der Waals surface area contributed by atoms with Crippen molar-refractivity contribution in [3.05, 3.63) is 45.7 Å². The average molecular weight is 347 g/mol. The van der Waals surface area contributed by atoms with Crippen molar-refractivity contribution in [2.45, 2.75) is 12.5 Å². The molecule has 6 nitrogen and oxygen atoms in total. The zero-order valence-electron chi connectivity index (χ0n) is 11.7. The second-order valence-corrected chi connectivity index (χ2v) is 6.82. The van der Waals surface area contributed by atoms with Gasteiger partial charge in [-0.3, -0.25) is 9.89 Å². The summed E-state index contributed by atoms with van der Waals surface area (Å²) in [5.74, 6) is -0.228. The maximum atomic E-state index is 12.3. The number of aromatic nitrogens is 2. The van der Waals surface area contributed by atoms with Crippen LogP contribution < -0.4 is 5.32 Å². The van der Waals surface area contributed by atoms with Gasteiger partial charge in [0.05, 0.1) is 20.9 Å². The number of fused-ring (bicyclic) bond motifs is 1. The molecular formula is C15H11ClN4O2S. The molecule has 0 spiro atoms. The number of anilines is 1. The topological polar surface area (TPSA) is 79.4 Å². The molecule has 1 aromatic carbocycles. The third kappa shape index (κ3) is 2.80. The van der Waals surface area contributed by atoms with Crippen LogP contribution in [0.4, 0.5) is 5.69 Å². The summed E-state index contributed by atoms with van der Waals surface area (Å²) in [6.45, 7) is 0. The molecule has 4 rings (SSSR count). The SMILES string of the molecule is O=C(Nc1ccc2[nH]ncc2c1)[C@H]1CC(c2ccc(Cl)s2)=NO1. The lowest BCUT2D eigenvalue weighted by molar-refractivity contribution is -0.125. The van der Waals surface area contributed by atoms with E-state index >= 15 is 0 Å². The quantitative estimate of drug-likeness (QED) is 0.762. The molecule has 0 unspecified atom stereocenters. The minimum Gasteiger partial charge on any atom is -0.382 e. The molecule has 116 valence electrons. The van der Waals surface area contributed by atoms with Crippen molar-refractivity contribution in [1.29, 1.82) is 0 Å². The van der Waals surface area contributed by atoms with Gasteiger partial charge in [-0.15, -0.1) is 11.3 Å². The van der Waals surface area contributed by atoms with Crippen molar-refractivity contribution >= 4 is 51.1 Å². The number of oxime groups is 1. The molecular weight excluding hydrogens is 336 g/mol. The van der Waals surface area contributed by atoms with Gasteiger partial charge in [-0.25, -0.2) is 0 Å². The number of hydrogen-bond donors (Lipinski definition) is 2. The highest BCUT2D eigenvalue weighted by Gasteiger charge is 2.29. The Morgan fingerprint density at radius 1 is 1.39 bits per heavy atom. The summed E-state index contributed by atoms with van der Waals surface area (Å²) < 4.78 is 0.684. The number of hydrogen-bond acceptors (Lipinski definition) is 5. The third-order valence-electron chi connectivity index (χ3n) is 3.53. The maximum Gasteiger partial charge on any atom is 0.268 e. The first-order valence-corrected chi connectivity index (χ1v) is 8.11. The number of nitrogens with one attached hydrogen (secondary N) is 2. The van der Waals surface area contributed by atoms with Gasteiger partial charge in [-0.05, 0) is 30.3 Å². The highest BCUT2D eigenvalue weighted by molar-refractivity contribution is 7.18. The largest absolute Gasteiger partial charge is 0.382 e. The van der Waals surface area contributed by atoms with Gasteiger partial charge in [0.15, 0.2) is 0 Å². The molecule has 2 aromatic heterocycles. The Kier molecular flexibility index (Phi) is 3.51. The maximum absolute atomic E-state index is 12.3. The molecule has 1 aliphatic rings. The van der Waals surface area contributed by atoms with E-state index in [0.717, 1.165) is 21.5 Å². The number of aromatic amines is 1. The summed E-state index contributed by atoms with van der Waals surface area (Å²) in [5.41, 5.74) is 2.35. The lowest BCUT2D eigenvalue weighted by Gasteiger charge is -2.09. The monoisotopic (exact) mass is 346 g/mol.